The SMILES string of the molecule is CCOC(=O)C1=NN(c2ccccc2)C(C(=O)Nc2c(C)cccc2C)C1. The van der Waals surface area contributed by atoms with Gasteiger partial charge in [-0.2, -0.15) is 5.10 Å². The van der Waals surface area contributed by atoms with Crippen molar-refractivity contribution in [3.8, 4) is 0 Å². The summed E-state index contributed by atoms with van der Waals surface area (Å²) >= 11 is 0. The quantitative estimate of drug-likeness (QED) is 0.824. The lowest BCUT2D eigenvalue weighted by Crippen LogP contribution is -2.39. The number of nitrogens with zero attached hydrogens (tertiary/aromatic N) is 2. The van der Waals surface area contributed by atoms with Gasteiger partial charge in [-0.15, -0.1) is 0 Å². The summed E-state index contributed by atoms with van der Waals surface area (Å²) in [4.78, 5) is 25.2. The highest BCUT2D eigenvalue weighted by Crippen LogP contribution is 2.27. The lowest BCUT2D eigenvalue weighted by Gasteiger charge is -2.23. The van der Waals surface area contributed by atoms with Crippen molar-refractivity contribution in [2.24, 2.45) is 5.10 Å². The van der Waals surface area contributed by atoms with Crippen LogP contribution in [-0.4, -0.2) is 30.2 Å². The molecule has 1 heterocycles. The molecule has 6 heteroatoms. The van der Waals surface area contributed by atoms with E-state index in [1.807, 2.05) is 62.4 Å². The Bertz CT molecular complexity index is 857. The molecule has 27 heavy (non-hydrogen) atoms. The fourth-order valence-electron chi connectivity index (χ4n) is 3.09. The Labute approximate surface area is 158 Å². The number of benzene rings is 2. The highest BCUT2D eigenvalue weighted by atomic mass is 16.5. The van der Waals surface area contributed by atoms with Crippen LogP contribution in [0.25, 0.3) is 0 Å². The molecular formula is C21H23N3O3. The first-order chi connectivity index (χ1) is 13.0. The number of hydrogen-bond acceptors (Lipinski definition) is 5. The Morgan fingerprint density at radius 3 is 2.41 bits per heavy atom. The van der Waals surface area contributed by atoms with E-state index < -0.39 is 12.0 Å². The third-order valence-electron chi connectivity index (χ3n) is 4.47. The Balaban J connectivity index is 1.88. The first-order valence-electron chi connectivity index (χ1n) is 8.97. The molecule has 1 amide bonds. The maximum atomic E-state index is 13.1. The highest BCUT2D eigenvalue weighted by Gasteiger charge is 2.37. The summed E-state index contributed by atoms with van der Waals surface area (Å²) in [6.45, 7) is 5.91. The lowest BCUT2D eigenvalue weighted by molar-refractivity contribution is -0.135. The van der Waals surface area contributed by atoms with Crippen molar-refractivity contribution in [3.63, 3.8) is 0 Å². The first-order valence-corrected chi connectivity index (χ1v) is 8.97. The molecule has 0 radical (unpaired) electrons. The molecule has 1 unspecified atom stereocenters. The van der Waals surface area contributed by atoms with Gasteiger partial charge in [0, 0.05) is 12.1 Å². The van der Waals surface area contributed by atoms with Crippen molar-refractivity contribution in [1.29, 1.82) is 0 Å². The summed E-state index contributed by atoms with van der Waals surface area (Å²) in [7, 11) is 0. The van der Waals surface area contributed by atoms with Crippen LogP contribution >= 0.6 is 0 Å². The van der Waals surface area contributed by atoms with Crippen LogP contribution in [0.1, 0.15) is 24.5 Å². The molecule has 0 saturated carbocycles. The van der Waals surface area contributed by atoms with Gasteiger partial charge in [-0.05, 0) is 44.0 Å². The van der Waals surface area contributed by atoms with Gasteiger partial charge >= 0.3 is 5.97 Å². The molecule has 1 N–H and O–H groups in total. The van der Waals surface area contributed by atoms with Gasteiger partial charge in [0.25, 0.3) is 0 Å². The minimum Gasteiger partial charge on any atom is -0.461 e. The molecule has 0 fully saturated rings. The molecule has 2 aromatic carbocycles. The normalized spacial score (nSPS) is 16.0. The average molecular weight is 365 g/mol. The topological polar surface area (TPSA) is 71.0 Å². The molecule has 1 atom stereocenters. The molecule has 1 aliphatic rings. The van der Waals surface area contributed by atoms with Crippen LogP contribution < -0.4 is 10.3 Å². The zero-order chi connectivity index (χ0) is 19.4. The van der Waals surface area contributed by atoms with E-state index in [1.165, 1.54) is 0 Å². The van der Waals surface area contributed by atoms with Gasteiger partial charge in [-0.3, -0.25) is 9.80 Å². The zero-order valence-electron chi connectivity index (χ0n) is 15.7. The number of amides is 1. The van der Waals surface area contributed by atoms with E-state index in [1.54, 1.807) is 11.9 Å². The van der Waals surface area contributed by atoms with Crippen LogP contribution in [0.3, 0.4) is 0 Å². The van der Waals surface area contributed by atoms with Gasteiger partial charge in [-0.1, -0.05) is 36.4 Å². The Morgan fingerprint density at radius 2 is 1.78 bits per heavy atom. The number of ether oxygens (including phenoxy) is 1. The van der Waals surface area contributed by atoms with E-state index in [4.69, 9.17) is 4.74 Å². The third-order valence-corrected chi connectivity index (χ3v) is 4.47. The first kappa shape index (κ1) is 18.6. The van der Waals surface area contributed by atoms with Gasteiger partial charge in [0.15, 0.2) is 0 Å². The van der Waals surface area contributed by atoms with Crippen LogP contribution in [-0.2, 0) is 14.3 Å². The van der Waals surface area contributed by atoms with Crippen molar-refractivity contribution in [2.75, 3.05) is 16.9 Å². The van der Waals surface area contributed by atoms with Crippen molar-refractivity contribution < 1.29 is 14.3 Å². The number of rotatable bonds is 5. The van der Waals surface area contributed by atoms with E-state index in [-0.39, 0.29) is 24.6 Å². The third kappa shape index (κ3) is 4.00. The fraction of sp³-hybridized carbons (Fsp3) is 0.286. The van der Waals surface area contributed by atoms with Crippen LogP contribution in [0.5, 0.6) is 0 Å². The summed E-state index contributed by atoms with van der Waals surface area (Å²) in [5.41, 5.74) is 3.76. The number of anilines is 2. The van der Waals surface area contributed by atoms with Crippen LogP contribution in [0.15, 0.2) is 53.6 Å². The molecule has 2 aromatic rings. The number of para-hydroxylation sites is 2. The number of hydrazone groups is 1. The number of aryl methyl sites for hydroxylation is 2. The molecule has 140 valence electrons. The minimum atomic E-state index is -0.620. The molecule has 0 aliphatic carbocycles. The molecule has 0 saturated heterocycles. The van der Waals surface area contributed by atoms with Crippen molar-refractivity contribution in [1.82, 2.24) is 0 Å². The molecule has 6 nitrogen and oxygen atoms in total. The fourth-order valence-corrected chi connectivity index (χ4v) is 3.09. The van der Waals surface area contributed by atoms with Gasteiger partial charge in [0.1, 0.15) is 11.8 Å². The van der Waals surface area contributed by atoms with E-state index in [2.05, 4.69) is 10.4 Å². The van der Waals surface area contributed by atoms with Gasteiger partial charge < -0.3 is 10.1 Å². The lowest BCUT2D eigenvalue weighted by atomic mass is 10.1. The molecule has 0 aromatic heterocycles. The Morgan fingerprint density at radius 1 is 1.11 bits per heavy atom. The number of carbonyl (C=O) groups excluding carboxylic acids is 2. The summed E-state index contributed by atoms with van der Waals surface area (Å²) in [5, 5.41) is 8.98. The van der Waals surface area contributed by atoms with Crippen LogP contribution in [0, 0.1) is 13.8 Å². The molecule has 0 bridgehead atoms. The second kappa shape index (κ2) is 8.03. The number of hydrogen-bond donors (Lipinski definition) is 1. The summed E-state index contributed by atoms with van der Waals surface area (Å²) < 4.78 is 5.07. The van der Waals surface area contributed by atoms with E-state index in [9.17, 15) is 9.59 Å². The monoisotopic (exact) mass is 365 g/mol. The molecule has 3 rings (SSSR count). The van der Waals surface area contributed by atoms with Gasteiger partial charge in [-0.25, -0.2) is 4.79 Å². The largest absolute Gasteiger partial charge is 0.461 e. The van der Waals surface area contributed by atoms with Crippen LogP contribution in [0.4, 0.5) is 11.4 Å². The number of nitrogens with one attached hydrogen (secondary N) is 1. The second-order valence-corrected chi connectivity index (χ2v) is 6.42. The predicted molar refractivity (Wildman–Crippen MR) is 106 cm³/mol. The summed E-state index contributed by atoms with van der Waals surface area (Å²) in [5.74, 6) is -0.694. The Hall–Kier alpha value is -3.15. The number of esters is 1. The van der Waals surface area contributed by atoms with Gasteiger partial charge in [0.05, 0.1) is 12.3 Å². The zero-order valence-corrected chi connectivity index (χ0v) is 15.7. The van der Waals surface area contributed by atoms with E-state index in [0.717, 1.165) is 22.5 Å². The van der Waals surface area contributed by atoms with Gasteiger partial charge in [0.2, 0.25) is 5.91 Å². The van der Waals surface area contributed by atoms with E-state index in [0.29, 0.717) is 0 Å². The highest BCUT2D eigenvalue weighted by molar-refractivity contribution is 6.38. The van der Waals surface area contributed by atoms with Crippen molar-refractivity contribution >= 4 is 29.0 Å². The smallest absolute Gasteiger partial charge is 0.354 e. The molecule has 0 spiro atoms. The van der Waals surface area contributed by atoms with Crippen molar-refractivity contribution in [2.45, 2.75) is 33.2 Å². The van der Waals surface area contributed by atoms with E-state index >= 15 is 0 Å². The maximum absolute atomic E-state index is 13.1. The standard InChI is InChI=1S/C21H23N3O3/c1-4-27-21(26)17-13-18(24(23-17)16-11-6-5-7-12-16)20(25)22-19-14(2)9-8-10-15(19)3/h5-12,18H,4,13H2,1-3H3,(H,22,25). The maximum Gasteiger partial charge on any atom is 0.354 e. The number of carbonyl (C=O) groups is 2. The predicted octanol–water partition coefficient (Wildman–Crippen LogP) is 3.44. The molecule has 1 aliphatic heterocycles. The average Bonchev–Trinajstić information content (AvgIpc) is 3.11. The van der Waals surface area contributed by atoms with Crippen LogP contribution in [0.2, 0.25) is 0 Å². The Kier molecular flexibility index (Phi) is 5.54. The molecular weight excluding hydrogens is 342 g/mol. The summed E-state index contributed by atoms with van der Waals surface area (Å²) in [6.07, 6.45) is 0.199. The summed E-state index contributed by atoms with van der Waals surface area (Å²) in [6, 6.07) is 14.6. The van der Waals surface area contributed by atoms with Crippen molar-refractivity contribution in [3.05, 3.63) is 59.7 Å². The second-order valence-electron chi connectivity index (χ2n) is 6.42. The minimum absolute atomic E-state index is 0.199.